The van der Waals surface area contributed by atoms with E-state index >= 15 is 0 Å². The molecule has 2 N–H and O–H groups in total. The number of halogens is 3. The van der Waals surface area contributed by atoms with Crippen molar-refractivity contribution < 1.29 is 14.6 Å². The number of ether oxygens (including phenoxy) is 1. The van der Waals surface area contributed by atoms with E-state index in [0.29, 0.717) is 35.5 Å². The van der Waals surface area contributed by atoms with Crippen LogP contribution in [-0.2, 0) is 13.1 Å². The molecule has 0 saturated carbocycles. The molecule has 2 aromatic carbocycles. The summed E-state index contributed by atoms with van der Waals surface area (Å²) in [7, 11) is 0. The highest BCUT2D eigenvalue weighted by Crippen LogP contribution is 2.34. The van der Waals surface area contributed by atoms with Crippen molar-refractivity contribution in [3.8, 4) is 5.75 Å². The van der Waals surface area contributed by atoms with Crippen LogP contribution in [0, 0.1) is 0 Å². The molecule has 0 atom stereocenters. The van der Waals surface area contributed by atoms with Crippen molar-refractivity contribution in [3.63, 3.8) is 0 Å². The fourth-order valence-corrected chi connectivity index (χ4v) is 2.75. The average molecular weight is 391 g/mol. The summed E-state index contributed by atoms with van der Waals surface area (Å²) in [5.74, 6) is -0.424. The monoisotopic (exact) mass is 389 g/mol. The van der Waals surface area contributed by atoms with Crippen molar-refractivity contribution in [1.82, 2.24) is 5.32 Å². The van der Waals surface area contributed by atoms with Crippen molar-refractivity contribution in [1.29, 1.82) is 0 Å². The maximum atomic E-state index is 10.8. The van der Waals surface area contributed by atoms with Crippen LogP contribution in [0.2, 0.25) is 10.0 Å². The van der Waals surface area contributed by atoms with E-state index in [-0.39, 0.29) is 18.0 Å². The molecule has 0 aliphatic heterocycles. The Morgan fingerprint density at radius 2 is 1.62 bits per heavy atom. The molecule has 0 bridgehead atoms. The predicted octanol–water partition coefficient (Wildman–Crippen LogP) is 4.80. The van der Waals surface area contributed by atoms with Crippen LogP contribution in [-0.4, -0.2) is 17.7 Å². The lowest BCUT2D eigenvalue weighted by Gasteiger charge is -2.11. The molecule has 24 heavy (non-hydrogen) atoms. The maximum absolute atomic E-state index is 10.8. The van der Waals surface area contributed by atoms with Gasteiger partial charge in [0, 0.05) is 13.1 Å². The zero-order valence-electron chi connectivity index (χ0n) is 13.0. The molecule has 0 aromatic heterocycles. The summed E-state index contributed by atoms with van der Waals surface area (Å²) in [6, 6.07) is 10.4. The van der Waals surface area contributed by atoms with E-state index in [9.17, 15) is 4.79 Å². The number of hydrogen-bond donors (Lipinski definition) is 2. The van der Waals surface area contributed by atoms with Gasteiger partial charge in [0.25, 0.3) is 0 Å². The molecule has 2 aromatic rings. The Balaban J connectivity index is 0.00000288. The first kappa shape index (κ1) is 20.6. The Hall–Kier alpha value is -1.46. The third-order valence-electron chi connectivity index (χ3n) is 3.21. The van der Waals surface area contributed by atoms with E-state index in [4.69, 9.17) is 33.0 Å². The largest absolute Gasteiger partial charge is 0.491 e. The SMILES string of the molecule is CCOc1c(Cl)cc(CNCc2ccc(C(=O)O)cc2)cc1Cl.Cl. The maximum Gasteiger partial charge on any atom is 0.335 e. The highest BCUT2D eigenvalue weighted by atomic mass is 35.5. The highest BCUT2D eigenvalue weighted by Gasteiger charge is 2.09. The van der Waals surface area contributed by atoms with Crippen molar-refractivity contribution in [3.05, 3.63) is 63.1 Å². The summed E-state index contributed by atoms with van der Waals surface area (Å²) >= 11 is 12.3. The van der Waals surface area contributed by atoms with Gasteiger partial charge in [0.1, 0.15) is 0 Å². The van der Waals surface area contributed by atoms with Gasteiger partial charge in [0.2, 0.25) is 0 Å². The van der Waals surface area contributed by atoms with Crippen molar-refractivity contribution in [2.75, 3.05) is 6.61 Å². The number of hydrogen-bond acceptors (Lipinski definition) is 3. The number of rotatable bonds is 7. The Bertz CT molecular complexity index is 667. The Morgan fingerprint density at radius 1 is 1.08 bits per heavy atom. The van der Waals surface area contributed by atoms with Gasteiger partial charge in [-0.05, 0) is 42.3 Å². The third kappa shape index (κ3) is 5.56. The van der Waals surface area contributed by atoms with Gasteiger partial charge in [-0.1, -0.05) is 35.3 Å². The van der Waals surface area contributed by atoms with E-state index in [1.54, 1.807) is 24.3 Å². The smallest absolute Gasteiger partial charge is 0.335 e. The summed E-state index contributed by atoms with van der Waals surface area (Å²) in [4.78, 5) is 10.8. The van der Waals surface area contributed by atoms with Gasteiger partial charge < -0.3 is 15.2 Å². The van der Waals surface area contributed by atoms with Crippen LogP contribution in [0.1, 0.15) is 28.4 Å². The molecule has 4 nitrogen and oxygen atoms in total. The first-order valence-electron chi connectivity index (χ1n) is 7.15. The van der Waals surface area contributed by atoms with Crippen LogP contribution in [0.15, 0.2) is 36.4 Å². The molecule has 0 aliphatic rings. The van der Waals surface area contributed by atoms with Gasteiger partial charge in [-0.2, -0.15) is 0 Å². The fourth-order valence-electron chi connectivity index (χ4n) is 2.11. The van der Waals surface area contributed by atoms with Crippen LogP contribution >= 0.6 is 35.6 Å². The molecule has 0 spiro atoms. The first-order chi connectivity index (χ1) is 11.0. The number of aromatic carboxylic acids is 1. The highest BCUT2D eigenvalue weighted by molar-refractivity contribution is 6.37. The van der Waals surface area contributed by atoms with E-state index in [1.807, 2.05) is 19.1 Å². The van der Waals surface area contributed by atoms with Crippen LogP contribution in [0.25, 0.3) is 0 Å². The third-order valence-corrected chi connectivity index (χ3v) is 3.77. The minimum atomic E-state index is -0.928. The topological polar surface area (TPSA) is 58.6 Å². The molecule has 0 saturated heterocycles. The fraction of sp³-hybridized carbons (Fsp3) is 0.235. The zero-order chi connectivity index (χ0) is 16.8. The summed E-state index contributed by atoms with van der Waals surface area (Å²) in [6.45, 7) is 3.58. The van der Waals surface area contributed by atoms with E-state index in [1.165, 1.54) is 0 Å². The first-order valence-corrected chi connectivity index (χ1v) is 7.90. The van der Waals surface area contributed by atoms with Crippen molar-refractivity contribution in [2.24, 2.45) is 0 Å². The second kappa shape index (κ2) is 9.74. The van der Waals surface area contributed by atoms with E-state index in [2.05, 4.69) is 5.32 Å². The standard InChI is InChI=1S/C17H17Cl2NO3.ClH/c1-2-23-16-14(18)7-12(8-15(16)19)10-20-9-11-3-5-13(6-4-11)17(21)22;/h3-8,20H,2,9-10H2,1H3,(H,21,22);1H. The number of carboxylic acid groups (broad SMARTS) is 1. The Labute approximate surface area is 157 Å². The van der Waals surface area contributed by atoms with Gasteiger partial charge >= 0.3 is 5.97 Å². The van der Waals surface area contributed by atoms with Gasteiger partial charge in [0.05, 0.1) is 22.2 Å². The Kier molecular flexibility index (Phi) is 8.36. The lowest BCUT2D eigenvalue weighted by Crippen LogP contribution is -2.13. The van der Waals surface area contributed by atoms with Crippen LogP contribution in [0.4, 0.5) is 0 Å². The van der Waals surface area contributed by atoms with Crippen molar-refractivity contribution >= 4 is 41.6 Å². The molecule has 0 aliphatic carbocycles. The van der Waals surface area contributed by atoms with Crippen LogP contribution in [0.3, 0.4) is 0 Å². The Morgan fingerprint density at radius 3 is 2.12 bits per heavy atom. The second-order valence-electron chi connectivity index (χ2n) is 4.93. The normalized spacial score (nSPS) is 10.1. The predicted molar refractivity (Wildman–Crippen MR) is 98.8 cm³/mol. The molecule has 2 rings (SSSR count). The van der Waals surface area contributed by atoms with E-state index < -0.39 is 5.97 Å². The molecule has 0 radical (unpaired) electrons. The molecule has 0 amide bonds. The molecular weight excluding hydrogens is 373 g/mol. The van der Waals surface area contributed by atoms with Crippen molar-refractivity contribution in [2.45, 2.75) is 20.0 Å². The quantitative estimate of drug-likeness (QED) is 0.713. The number of carbonyl (C=O) groups is 1. The molecular formula is C17H18Cl3NO3. The number of carboxylic acids is 1. The minimum Gasteiger partial charge on any atom is -0.491 e. The van der Waals surface area contributed by atoms with Gasteiger partial charge in [0.15, 0.2) is 5.75 Å². The average Bonchev–Trinajstić information content (AvgIpc) is 2.51. The van der Waals surface area contributed by atoms with Crippen LogP contribution < -0.4 is 10.1 Å². The second-order valence-corrected chi connectivity index (χ2v) is 5.74. The van der Waals surface area contributed by atoms with Gasteiger partial charge in [-0.3, -0.25) is 0 Å². The summed E-state index contributed by atoms with van der Waals surface area (Å²) < 4.78 is 5.39. The minimum absolute atomic E-state index is 0. The summed E-state index contributed by atoms with van der Waals surface area (Å²) in [6.07, 6.45) is 0. The zero-order valence-corrected chi connectivity index (χ0v) is 15.3. The molecule has 0 heterocycles. The van der Waals surface area contributed by atoms with Gasteiger partial charge in [-0.15, -0.1) is 12.4 Å². The molecule has 130 valence electrons. The van der Waals surface area contributed by atoms with E-state index in [0.717, 1.165) is 11.1 Å². The molecule has 0 unspecified atom stereocenters. The number of benzene rings is 2. The lowest BCUT2D eigenvalue weighted by molar-refractivity contribution is 0.0697. The number of nitrogens with one attached hydrogen (secondary N) is 1. The lowest BCUT2D eigenvalue weighted by atomic mass is 10.1. The molecule has 0 fully saturated rings. The summed E-state index contributed by atoms with van der Waals surface area (Å²) in [5, 5.41) is 13.1. The summed E-state index contributed by atoms with van der Waals surface area (Å²) in [5.41, 5.74) is 2.22. The van der Waals surface area contributed by atoms with Gasteiger partial charge in [-0.25, -0.2) is 4.79 Å². The molecule has 7 heteroatoms. The van der Waals surface area contributed by atoms with Crippen LogP contribution in [0.5, 0.6) is 5.75 Å².